The zero-order valence-corrected chi connectivity index (χ0v) is 7.46. The first-order valence-electron chi connectivity index (χ1n) is 4.47. The van der Waals surface area contributed by atoms with Gasteiger partial charge in [-0.15, -0.1) is 0 Å². The predicted molar refractivity (Wildman–Crippen MR) is 51.6 cm³/mol. The summed E-state index contributed by atoms with van der Waals surface area (Å²) in [5.41, 5.74) is 6.68. The fourth-order valence-corrected chi connectivity index (χ4v) is 2.04. The van der Waals surface area contributed by atoms with Crippen molar-refractivity contribution in [3.8, 4) is 11.3 Å². The molecule has 1 aliphatic rings. The molecule has 13 heavy (non-hydrogen) atoms. The van der Waals surface area contributed by atoms with E-state index < -0.39 is 0 Å². The third-order valence-electron chi connectivity index (χ3n) is 2.76. The molecular weight excluding hydrogens is 160 g/mol. The fraction of sp³-hybridized carbons (Fsp3) is 0.182. The number of nitrogens with one attached hydrogen (secondary N) is 1. The average molecular weight is 170 g/mol. The Morgan fingerprint density at radius 2 is 2.31 bits per heavy atom. The van der Waals surface area contributed by atoms with Crippen molar-refractivity contribution in [1.29, 1.82) is 0 Å². The molecule has 2 heteroatoms. The second-order valence-corrected chi connectivity index (χ2v) is 3.55. The van der Waals surface area contributed by atoms with Crippen molar-refractivity contribution in [2.45, 2.75) is 13.3 Å². The second kappa shape index (κ2) is 2.22. The summed E-state index contributed by atoms with van der Waals surface area (Å²) in [4.78, 5) is 0. The summed E-state index contributed by atoms with van der Waals surface area (Å²) >= 11 is 0. The van der Waals surface area contributed by atoms with Gasteiger partial charge in [-0.25, -0.2) is 0 Å². The number of H-pyrrole nitrogens is 1. The molecule has 2 aromatic rings. The van der Waals surface area contributed by atoms with Gasteiger partial charge in [0.15, 0.2) is 0 Å². The summed E-state index contributed by atoms with van der Waals surface area (Å²) in [5.74, 6) is 0. The third-order valence-corrected chi connectivity index (χ3v) is 2.76. The molecule has 0 fully saturated rings. The van der Waals surface area contributed by atoms with Crippen molar-refractivity contribution >= 4 is 0 Å². The van der Waals surface area contributed by atoms with Crippen LogP contribution in [-0.2, 0) is 6.42 Å². The highest BCUT2D eigenvalue weighted by atomic mass is 15.1. The number of aryl methyl sites for hydroxylation is 1. The van der Waals surface area contributed by atoms with E-state index in [-0.39, 0.29) is 0 Å². The highest BCUT2D eigenvalue weighted by Crippen LogP contribution is 2.35. The molecule has 64 valence electrons. The molecule has 0 bridgehead atoms. The van der Waals surface area contributed by atoms with Gasteiger partial charge in [-0.1, -0.05) is 18.2 Å². The molecule has 1 heterocycles. The van der Waals surface area contributed by atoms with E-state index in [0.29, 0.717) is 0 Å². The van der Waals surface area contributed by atoms with Gasteiger partial charge in [-0.2, -0.15) is 5.10 Å². The Morgan fingerprint density at radius 1 is 1.38 bits per heavy atom. The van der Waals surface area contributed by atoms with E-state index in [9.17, 15) is 0 Å². The minimum atomic E-state index is 1.04. The summed E-state index contributed by atoms with van der Waals surface area (Å²) in [6.07, 6.45) is 2.96. The van der Waals surface area contributed by atoms with Crippen LogP contribution in [-0.4, -0.2) is 10.2 Å². The monoisotopic (exact) mass is 170 g/mol. The number of hydrogen-bond acceptors (Lipinski definition) is 1. The Labute approximate surface area is 76.6 Å². The molecule has 1 aromatic heterocycles. The number of benzene rings is 1. The number of hydrogen-bond donors (Lipinski definition) is 1. The lowest BCUT2D eigenvalue weighted by molar-refractivity contribution is 1.09. The van der Waals surface area contributed by atoms with Crippen molar-refractivity contribution < 1.29 is 0 Å². The van der Waals surface area contributed by atoms with Gasteiger partial charge in [0.05, 0.1) is 11.9 Å². The Balaban J connectivity index is 2.34. The summed E-state index contributed by atoms with van der Waals surface area (Å²) in [6, 6.07) is 6.43. The molecule has 0 spiro atoms. The predicted octanol–water partition coefficient (Wildman–Crippen LogP) is 2.29. The van der Waals surface area contributed by atoms with E-state index in [1.54, 1.807) is 0 Å². The maximum absolute atomic E-state index is 4.05. The normalized spacial score (nSPS) is 12.7. The number of aromatic nitrogens is 2. The maximum atomic E-state index is 4.05. The molecule has 0 aliphatic heterocycles. The van der Waals surface area contributed by atoms with Crippen LogP contribution in [0.3, 0.4) is 0 Å². The van der Waals surface area contributed by atoms with Crippen LogP contribution in [0, 0.1) is 6.92 Å². The van der Waals surface area contributed by atoms with Gasteiger partial charge in [0.25, 0.3) is 0 Å². The Morgan fingerprint density at radius 3 is 3.23 bits per heavy atom. The van der Waals surface area contributed by atoms with Crippen molar-refractivity contribution in [2.24, 2.45) is 0 Å². The first kappa shape index (κ1) is 6.89. The van der Waals surface area contributed by atoms with Crippen molar-refractivity contribution in [2.75, 3.05) is 0 Å². The summed E-state index contributed by atoms with van der Waals surface area (Å²) in [6.45, 7) is 2.16. The van der Waals surface area contributed by atoms with Gasteiger partial charge in [0.1, 0.15) is 0 Å². The SMILES string of the molecule is Cc1cccc2c1Cc1cn[nH]c1-2. The van der Waals surface area contributed by atoms with E-state index in [1.807, 2.05) is 6.20 Å². The highest BCUT2D eigenvalue weighted by Gasteiger charge is 2.20. The fourth-order valence-electron chi connectivity index (χ4n) is 2.04. The van der Waals surface area contributed by atoms with Gasteiger partial charge in [0.2, 0.25) is 0 Å². The number of nitrogens with zero attached hydrogens (tertiary/aromatic N) is 1. The van der Waals surface area contributed by atoms with Crippen LogP contribution in [0.2, 0.25) is 0 Å². The first-order chi connectivity index (χ1) is 6.36. The lowest BCUT2D eigenvalue weighted by atomic mass is 10.0. The Kier molecular flexibility index (Phi) is 1.18. The van der Waals surface area contributed by atoms with Crippen LogP contribution < -0.4 is 0 Å². The van der Waals surface area contributed by atoms with E-state index in [2.05, 4.69) is 35.3 Å². The molecule has 1 aromatic carbocycles. The average Bonchev–Trinajstić information content (AvgIpc) is 2.65. The van der Waals surface area contributed by atoms with Crippen molar-refractivity contribution in [3.63, 3.8) is 0 Å². The number of rotatable bonds is 0. The molecule has 1 aliphatic carbocycles. The molecule has 0 saturated heterocycles. The molecule has 2 nitrogen and oxygen atoms in total. The number of aromatic amines is 1. The Bertz CT molecular complexity index is 469. The first-order valence-corrected chi connectivity index (χ1v) is 4.47. The minimum absolute atomic E-state index is 1.04. The van der Waals surface area contributed by atoms with Gasteiger partial charge < -0.3 is 0 Å². The van der Waals surface area contributed by atoms with Crippen LogP contribution in [0.25, 0.3) is 11.3 Å². The van der Waals surface area contributed by atoms with Crippen LogP contribution in [0.15, 0.2) is 24.4 Å². The molecule has 0 radical (unpaired) electrons. The van der Waals surface area contributed by atoms with E-state index in [4.69, 9.17) is 0 Å². The smallest absolute Gasteiger partial charge is 0.0688 e. The van der Waals surface area contributed by atoms with Gasteiger partial charge in [-0.3, -0.25) is 5.10 Å². The standard InChI is InChI=1S/C11H10N2/c1-7-3-2-4-9-10(7)5-8-6-12-13-11(8)9/h2-4,6H,5H2,1H3,(H,12,13). The van der Waals surface area contributed by atoms with Crippen LogP contribution in [0.4, 0.5) is 0 Å². The summed E-state index contributed by atoms with van der Waals surface area (Å²) in [5, 5.41) is 7.10. The maximum Gasteiger partial charge on any atom is 0.0688 e. The highest BCUT2D eigenvalue weighted by molar-refractivity contribution is 5.74. The molecule has 0 saturated carbocycles. The van der Waals surface area contributed by atoms with Gasteiger partial charge in [0, 0.05) is 17.5 Å². The van der Waals surface area contributed by atoms with Crippen molar-refractivity contribution in [3.05, 3.63) is 41.1 Å². The zero-order valence-electron chi connectivity index (χ0n) is 7.46. The molecular formula is C11H10N2. The molecule has 0 amide bonds. The second-order valence-electron chi connectivity index (χ2n) is 3.55. The topological polar surface area (TPSA) is 28.7 Å². The van der Waals surface area contributed by atoms with Crippen LogP contribution >= 0.6 is 0 Å². The van der Waals surface area contributed by atoms with Crippen molar-refractivity contribution in [1.82, 2.24) is 10.2 Å². The molecule has 1 N–H and O–H groups in total. The zero-order chi connectivity index (χ0) is 8.84. The van der Waals surface area contributed by atoms with Crippen LogP contribution in [0.1, 0.15) is 16.7 Å². The number of fused-ring (bicyclic) bond motifs is 3. The lowest BCUT2D eigenvalue weighted by Crippen LogP contribution is -1.86. The molecule has 0 atom stereocenters. The quantitative estimate of drug-likeness (QED) is 0.551. The van der Waals surface area contributed by atoms with E-state index >= 15 is 0 Å². The summed E-state index contributed by atoms with van der Waals surface area (Å²) in [7, 11) is 0. The molecule has 0 unspecified atom stereocenters. The van der Waals surface area contributed by atoms with Gasteiger partial charge in [-0.05, 0) is 18.1 Å². The van der Waals surface area contributed by atoms with Crippen LogP contribution in [0.5, 0.6) is 0 Å². The third kappa shape index (κ3) is 0.800. The largest absolute Gasteiger partial charge is 0.278 e. The van der Waals surface area contributed by atoms with Gasteiger partial charge >= 0.3 is 0 Å². The molecule has 3 rings (SSSR count). The minimum Gasteiger partial charge on any atom is -0.278 e. The van der Waals surface area contributed by atoms with E-state index in [0.717, 1.165) is 6.42 Å². The lowest BCUT2D eigenvalue weighted by Gasteiger charge is -2.01. The Hall–Kier alpha value is -1.57. The summed E-state index contributed by atoms with van der Waals surface area (Å²) < 4.78 is 0. The van der Waals surface area contributed by atoms with E-state index in [1.165, 1.54) is 27.9 Å².